The minimum atomic E-state index is 0.195. The van der Waals surface area contributed by atoms with E-state index in [-0.39, 0.29) is 13.2 Å². The van der Waals surface area contributed by atoms with Crippen LogP contribution in [-0.4, -0.2) is 35.6 Å². The van der Waals surface area contributed by atoms with Crippen LogP contribution < -0.4 is 0 Å². The van der Waals surface area contributed by atoms with Gasteiger partial charge in [-0.2, -0.15) is 0 Å². The number of rotatable bonds is 3. The summed E-state index contributed by atoms with van der Waals surface area (Å²) in [5.41, 5.74) is 5.59. The zero-order chi connectivity index (χ0) is 18.2. The molecule has 24 heavy (non-hydrogen) atoms. The number of nitrogens with one attached hydrogen (secondary N) is 2. The van der Waals surface area contributed by atoms with Crippen LogP contribution in [0.2, 0.25) is 0 Å². The smallest absolute Gasteiger partial charge is 0.231 e. The summed E-state index contributed by atoms with van der Waals surface area (Å²) in [7, 11) is 0. The minimum Gasteiger partial charge on any atom is -0.396 e. The molecule has 126 valence electrons. The molecule has 0 aliphatic heterocycles. The highest BCUT2D eigenvalue weighted by Gasteiger charge is 2.19. The normalized spacial score (nSPS) is 8.58. The molecule has 3 rings (SSSR count). The van der Waals surface area contributed by atoms with Gasteiger partial charge in [0.05, 0.1) is 0 Å². The number of fused-ring (bicyclic) bond motifs is 4. The summed E-state index contributed by atoms with van der Waals surface area (Å²) in [4.78, 5) is 16.7. The molecule has 0 atom stereocenters. The van der Waals surface area contributed by atoms with Crippen LogP contribution in [0.15, 0.2) is 48.5 Å². The predicted molar refractivity (Wildman–Crippen MR) is 91.1 cm³/mol. The van der Waals surface area contributed by atoms with Crippen molar-refractivity contribution in [1.82, 2.24) is 0 Å². The largest absolute Gasteiger partial charge is 0.396 e. The molecule has 0 saturated heterocycles. The van der Waals surface area contributed by atoms with Crippen molar-refractivity contribution >= 4 is 12.2 Å². The van der Waals surface area contributed by atoms with Crippen molar-refractivity contribution in [2.75, 3.05) is 13.2 Å². The lowest BCUT2D eigenvalue weighted by atomic mass is 9.81. The lowest BCUT2D eigenvalue weighted by Gasteiger charge is -2.22. The Balaban J connectivity index is 0.000000376. The lowest BCUT2D eigenvalue weighted by molar-refractivity contribution is 0.242. The summed E-state index contributed by atoms with van der Waals surface area (Å²) in [5, 5.41) is 27.0. The fraction of sp³-hybridized carbons (Fsp3) is 0.222. The van der Waals surface area contributed by atoms with E-state index in [4.69, 9.17) is 30.6 Å². The van der Waals surface area contributed by atoms with E-state index in [2.05, 4.69) is 48.5 Å². The second kappa shape index (κ2) is 13.8. The molecule has 0 saturated carbocycles. The van der Waals surface area contributed by atoms with Gasteiger partial charge in [-0.3, -0.25) is 0 Å². The molecule has 0 bridgehead atoms. The Morgan fingerprint density at radius 3 is 1.04 bits per heavy atom. The van der Waals surface area contributed by atoms with Gasteiger partial charge in [0.15, 0.2) is 0 Å². The van der Waals surface area contributed by atoms with E-state index in [9.17, 15) is 0 Å². The first-order chi connectivity index (χ1) is 11.7. The summed E-state index contributed by atoms with van der Waals surface area (Å²) >= 11 is 0. The first-order valence-electron chi connectivity index (χ1n) is 7.20. The maximum atomic E-state index is 8.35. The Bertz CT molecular complexity index is 558. The second-order valence-corrected chi connectivity index (χ2v) is 4.45. The molecule has 0 amide bonds. The Morgan fingerprint density at radius 2 is 0.875 bits per heavy atom. The van der Waals surface area contributed by atoms with E-state index in [1.54, 1.807) is 0 Å². The van der Waals surface area contributed by atoms with Gasteiger partial charge >= 0.3 is 0 Å². The number of aliphatic hydroxyl groups is 2. The van der Waals surface area contributed by atoms with Gasteiger partial charge in [0, 0.05) is 13.2 Å². The van der Waals surface area contributed by atoms with Crippen LogP contribution in [0.5, 0.6) is 0 Å². The third kappa shape index (κ3) is 6.92. The number of benzene rings is 2. The average molecular weight is 328 g/mol. The van der Waals surface area contributed by atoms with E-state index in [0.29, 0.717) is 0 Å². The molecular weight excluding hydrogens is 308 g/mol. The van der Waals surface area contributed by atoms with Gasteiger partial charge in [-0.25, -0.2) is 20.4 Å². The molecule has 6 heteroatoms. The molecule has 2 aromatic rings. The van der Waals surface area contributed by atoms with E-state index in [1.165, 1.54) is 22.3 Å². The first kappa shape index (κ1) is 21.1. The highest BCUT2D eigenvalue weighted by atomic mass is 16.3. The summed E-state index contributed by atoms with van der Waals surface area (Å²) in [6, 6.07) is 17.1. The highest BCUT2D eigenvalue weighted by molar-refractivity contribution is 6.02. The molecule has 2 aromatic carbocycles. The molecule has 0 spiro atoms. The zero-order valence-corrected chi connectivity index (χ0v) is 13.2. The van der Waals surface area contributed by atoms with Crippen LogP contribution in [0.25, 0.3) is 22.3 Å². The van der Waals surface area contributed by atoms with Gasteiger partial charge in [0.25, 0.3) is 0 Å². The number of unbranched alkanes of at least 4 members (excludes halogenated alkanes) is 1. The number of hydrogen-bond acceptors (Lipinski definition) is 6. The summed E-state index contributed by atoms with van der Waals surface area (Å²) in [5.74, 6) is 0. The van der Waals surface area contributed by atoms with Crippen molar-refractivity contribution in [1.29, 1.82) is 10.8 Å². The molecule has 0 heterocycles. The Kier molecular flexibility index (Phi) is 12.1. The van der Waals surface area contributed by atoms with Crippen molar-refractivity contribution in [2.24, 2.45) is 0 Å². The van der Waals surface area contributed by atoms with E-state index < -0.39 is 0 Å². The van der Waals surface area contributed by atoms with E-state index >= 15 is 0 Å². The van der Waals surface area contributed by atoms with Crippen LogP contribution in [0.3, 0.4) is 0 Å². The molecule has 0 unspecified atom stereocenters. The maximum Gasteiger partial charge on any atom is 0.231 e. The number of aliphatic hydroxyl groups excluding tert-OH is 2. The molecular formula is C18H20N2O4. The molecule has 0 fully saturated rings. The first-order valence-corrected chi connectivity index (χ1v) is 7.20. The third-order valence-corrected chi connectivity index (χ3v) is 3.00. The summed E-state index contributed by atoms with van der Waals surface area (Å²) < 4.78 is 0. The van der Waals surface area contributed by atoms with Crippen LogP contribution in [0, 0.1) is 10.8 Å². The van der Waals surface area contributed by atoms with E-state index in [0.717, 1.165) is 25.0 Å². The van der Waals surface area contributed by atoms with Crippen molar-refractivity contribution < 1.29 is 19.8 Å². The van der Waals surface area contributed by atoms with Crippen molar-refractivity contribution in [2.45, 2.75) is 12.8 Å². The van der Waals surface area contributed by atoms with Crippen molar-refractivity contribution in [3.63, 3.8) is 0 Å². The van der Waals surface area contributed by atoms with Crippen molar-refractivity contribution in [3.05, 3.63) is 48.5 Å². The molecule has 0 radical (unpaired) electrons. The maximum absolute atomic E-state index is 8.35. The standard InChI is InChI=1S/C12H8.C4H10O2.2CHNO/c1-2-6-10-9(5-1)11-7-3-4-8-12(10)11;5-3-1-2-4-6;2*2-1-3/h1-8H;5-6H,1-4H2;2*2H. The number of hydrogen-bond donors (Lipinski definition) is 4. The van der Waals surface area contributed by atoms with Gasteiger partial charge in [-0.15, -0.1) is 0 Å². The lowest BCUT2D eigenvalue weighted by Crippen LogP contribution is -1.96. The molecule has 1 aliphatic carbocycles. The van der Waals surface area contributed by atoms with Crippen molar-refractivity contribution in [3.8, 4) is 22.3 Å². The molecule has 1 aliphatic rings. The van der Waals surface area contributed by atoms with Gasteiger partial charge in [0.2, 0.25) is 12.2 Å². The van der Waals surface area contributed by atoms with Crippen LogP contribution in [0.4, 0.5) is 0 Å². The predicted octanol–water partition coefficient (Wildman–Crippen LogP) is 2.89. The molecule has 0 aromatic heterocycles. The minimum absolute atomic E-state index is 0.195. The second-order valence-electron chi connectivity index (χ2n) is 4.45. The zero-order valence-electron chi connectivity index (χ0n) is 13.2. The van der Waals surface area contributed by atoms with Gasteiger partial charge in [-0.1, -0.05) is 48.5 Å². The van der Waals surface area contributed by atoms with Crippen LogP contribution in [0.1, 0.15) is 12.8 Å². The topological polar surface area (TPSA) is 122 Å². The van der Waals surface area contributed by atoms with E-state index in [1.807, 2.05) is 0 Å². The van der Waals surface area contributed by atoms with Crippen LogP contribution >= 0.6 is 0 Å². The summed E-state index contributed by atoms with van der Waals surface area (Å²) in [6.45, 7) is 0.390. The molecule has 6 nitrogen and oxygen atoms in total. The van der Waals surface area contributed by atoms with Gasteiger partial charge in [-0.05, 0) is 35.1 Å². The average Bonchev–Trinajstić information content (AvgIpc) is 2.60. The summed E-state index contributed by atoms with van der Waals surface area (Å²) in [6.07, 6.45) is 2.94. The molecule has 4 N–H and O–H groups in total. The fourth-order valence-corrected chi connectivity index (χ4v) is 2.07. The number of carbonyl (C=O) groups excluding carboxylic acids is 2. The quantitative estimate of drug-likeness (QED) is 0.335. The third-order valence-electron chi connectivity index (χ3n) is 3.00. The Morgan fingerprint density at radius 1 is 0.667 bits per heavy atom. The fourth-order valence-electron chi connectivity index (χ4n) is 2.07. The van der Waals surface area contributed by atoms with Crippen LogP contribution in [-0.2, 0) is 9.59 Å². The number of isocyanates is 2. The van der Waals surface area contributed by atoms with Gasteiger partial charge < -0.3 is 10.2 Å². The monoisotopic (exact) mass is 328 g/mol. The SMILES string of the molecule is N=C=O.N=C=O.OCCCCO.c1ccc2c(c1)-c1ccccc1-2. The Hall–Kier alpha value is -2.88. The highest BCUT2D eigenvalue weighted by Crippen LogP contribution is 2.46. The van der Waals surface area contributed by atoms with Gasteiger partial charge in [0.1, 0.15) is 0 Å². The Labute approximate surface area is 140 Å².